The van der Waals surface area contributed by atoms with E-state index in [0.717, 1.165) is 24.4 Å². The number of benzene rings is 1. The lowest BCUT2D eigenvalue weighted by Crippen LogP contribution is -2.36. The number of nitrogens with two attached hydrogens (primary N) is 1. The molecule has 0 saturated carbocycles. The lowest BCUT2D eigenvalue weighted by molar-refractivity contribution is 0.317. The SMILES string of the molecule is COc1cc(C)c(C)cc1C(N)C1CCCNC1. The number of aryl methyl sites for hydroxylation is 2. The molecule has 1 heterocycles. The molecule has 2 atom stereocenters. The van der Waals surface area contributed by atoms with E-state index in [4.69, 9.17) is 10.5 Å². The average molecular weight is 248 g/mol. The summed E-state index contributed by atoms with van der Waals surface area (Å²) >= 11 is 0. The molecule has 0 aliphatic carbocycles. The van der Waals surface area contributed by atoms with E-state index >= 15 is 0 Å². The quantitative estimate of drug-likeness (QED) is 0.863. The first-order valence-corrected chi connectivity index (χ1v) is 6.75. The Kier molecular flexibility index (Phi) is 4.25. The Bertz CT molecular complexity index is 411. The third kappa shape index (κ3) is 2.68. The van der Waals surface area contributed by atoms with Crippen molar-refractivity contribution in [3.8, 4) is 5.75 Å². The first kappa shape index (κ1) is 13.4. The van der Waals surface area contributed by atoms with Crippen LogP contribution in [0.25, 0.3) is 0 Å². The van der Waals surface area contributed by atoms with Crippen LogP contribution < -0.4 is 15.8 Å². The van der Waals surface area contributed by atoms with Crippen LogP contribution in [0, 0.1) is 19.8 Å². The molecule has 18 heavy (non-hydrogen) atoms. The van der Waals surface area contributed by atoms with Crippen molar-refractivity contribution in [3.05, 3.63) is 28.8 Å². The highest BCUT2D eigenvalue weighted by molar-refractivity contribution is 5.43. The molecule has 1 aliphatic heterocycles. The van der Waals surface area contributed by atoms with Crippen LogP contribution in [-0.2, 0) is 0 Å². The van der Waals surface area contributed by atoms with Gasteiger partial charge in [-0.2, -0.15) is 0 Å². The molecule has 3 heteroatoms. The normalized spacial score (nSPS) is 21.7. The zero-order chi connectivity index (χ0) is 13.1. The molecule has 0 spiro atoms. The molecule has 1 fully saturated rings. The van der Waals surface area contributed by atoms with Crippen LogP contribution in [0.15, 0.2) is 12.1 Å². The van der Waals surface area contributed by atoms with Crippen LogP contribution in [-0.4, -0.2) is 20.2 Å². The molecular weight excluding hydrogens is 224 g/mol. The van der Waals surface area contributed by atoms with Crippen molar-refractivity contribution in [3.63, 3.8) is 0 Å². The molecule has 1 aromatic carbocycles. The number of hydrogen-bond donors (Lipinski definition) is 2. The molecular formula is C15H24N2O. The number of hydrogen-bond acceptors (Lipinski definition) is 3. The van der Waals surface area contributed by atoms with Crippen LogP contribution in [0.2, 0.25) is 0 Å². The van der Waals surface area contributed by atoms with Gasteiger partial charge in [0.25, 0.3) is 0 Å². The highest BCUT2D eigenvalue weighted by Crippen LogP contribution is 2.33. The van der Waals surface area contributed by atoms with Gasteiger partial charge in [0.15, 0.2) is 0 Å². The van der Waals surface area contributed by atoms with Gasteiger partial charge in [0.1, 0.15) is 5.75 Å². The van der Waals surface area contributed by atoms with Gasteiger partial charge in [-0.3, -0.25) is 0 Å². The molecule has 2 unspecified atom stereocenters. The molecule has 100 valence electrons. The maximum atomic E-state index is 6.45. The van der Waals surface area contributed by atoms with Gasteiger partial charge in [-0.25, -0.2) is 0 Å². The van der Waals surface area contributed by atoms with Crippen LogP contribution >= 0.6 is 0 Å². The van der Waals surface area contributed by atoms with Crippen molar-refractivity contribution in [2.45, 2.75) is 32.7 Å². The van der Waals surface area contributed by atoms with Gasteiger partial charge in [0.05, 0.1) is 7.11 Å². The summed E-state index contributed by atoms with van der Waals surface area (Å²) in [6.07, 6.45) is 2.41. The van der Waals surface area contributed by atoms with Gasteiger partial charge in [-0.1, -0.05) is 6.07 Å². The molecule has 1 aliphatic rings. The van der Waals surface area contributed by atoms with Gasteiger partial charge in [0, 0.05) is 11.6 Å². The van der Waals surface area contributed by atoms with Crippen molar-refractivity contribution in [2.24, 2.45) is 11.7 Å². The summed E-state index contributed by atoms with van der Waals surface area (Å²) in [6.45, 7) is 6.37. The number of piperidine rings is 1. The Labute approximate surface area is 110 Å². The smallest absolute Gasteiger partial charge is 0.123 e. The Morgan fingerprint density at radius 2 is 2.06 bits per heavy atom. The zero-order valence-corrected chi connectivity index (χ0v) is 11.6. The second-order valence-electron chi connectivity index (χ2n) is 5.31. The average Bonchev–Trinajstić information content (AvgIpc) is 2.41. The van der Waals surface area contributed by atoms with E-state index in [1.807, 2.05) is 0 Å². The van der Waals surface area contributed by atoms with E-state index in [1.54, 1.807) is 7.11 Å². The predicted octanol–water partition coefficient (Wildman–Crippen LogP) is 2.31. The number of nitrogens with one attached hydrogen (secondary N) is 1. The van der Waals surface area contributed by atoms with E-state index in [1.165, 1.54) is 24.0 Å². The van der Waals surface area contributed by atoms with Gasteiger partial charge in [0.2, 0.25) is 0 Å². The largest absolute Gasteiger partial charge is 0.496 e. The maximum absolute atomic E-state index is 6.45. The molecule has 0 amide bonds. The molecule has 0 bridgehead atoms. The monoisotopic (exact) mass is 248 g/mol. The third-order valence-corrected chi connectivity index (χ3v) is 4.05. The number of methoxy groups -OCH3 is 1. The molecule has 0 aromatic heterocycles. The summed E-state index contributed by atoms with van der Waals surface area (Å²) in [7, 11) is 1.72. The Morgan fingerprint density at radius 3 is 2.67 bits per heavy atom. The van der Waals surface area contributed by atoms with Crippen molar-refractivity contribution < 1.29 is 4.74 Å². The van der Waals surface area contributed by atoms with Crippen LogP contribution in [0.3, 0.4) is 0 Å². The minimum absolute atomic E-state index is 0.0621. The summed E-state index contributed by atoms with van der Waals surface area (Å²) in [5, 5.41) is 3.43. The summed E-state index contributed by atoms with van der Waals surface area (Å²) in [4.78, 5) is 0. The third-order valence-electron chi connectivity index (χ3n) is 4.05. The van der Waals surface area contributed by atoms with Crippen LogP contribution in [0.4, 0.5) is 0 Å². The minimum atomic E-state index is 0.0621. The first-order chi connectivity index (χ1) is 8.63. The van der Waals surface area contributed by atoms with E-state index in [0.29, 0.717) is 5.92 Å². The van der Waals surface area contributed by atoms with Crippen molar-refractivity contribution in [1.29, 1.82) is 0 Å². The minimum Gasteiger partial charge on any atom is -0.496 e. The lowest BCUT2D eigenvalue weighted by atomic mass is 9.86. The molecule has 3 nitrogen and oxygen atoms in total. The molecule has 1 aromatic rings. The summed E-state index contributed by atoms with van der Waals surface area (Å²) in [5.41, 5.74) is 10.1. The van der Waals surface area contributed by atoms with Crippen molar-refractivity contribution in [1.82, 2.24) is 5.32 Å². The predicted molar refractivity (Wildman–Crippen MR) is 75.0 cm³/mol. The fourth-order valence-electron chi connectivity index (χ4n) is 2.69. The highest BCUT2D eigenvalue weighted by atomic mass is 16.5. The second-order valence-corrected chi connectivity index (χ2v) is 5.31. The van der Waals surface area contributed by atoms with E-state index in [-0.39, 0.29) is 6.04 Å². The van der Waals surface area contributed by atoms with Crippen molar-refractivity contribution >= 4 is 0 Å². The fourth-order valence-corrected chi connectivity index (χ4v) is 2.69. The van der Waals surface area contributed by atoms with E-state index in [9.17, 15) is 0 Å². The summed E-state index contributed by atoms with van der Waals surface area (Å²) < 4.78 is 5.49. The Hall–Kier alpha value is -1.06. The first-order valence-electron chi connectivity index (χ1n) is 6.75. The Balaban J connectivity index is 2.27. The van der Waals surface area contributed by atoms with Crippen LogP contribution in [0.5, 0.6) is 5.75 Å². The second kappa shape index (κ2) is 5.72. The number of ether oxygens (including phenoxy) is 1. The summed E-state index contributed by atoms with van der Waals surface area (Å²) in [5.74, 6) is 1.44. The highest BCUT2D eigenvalue weighted by Gasteiger charge is 2.24. The Morgan fingerprint density at radius 1 is 1.33 bits per heavy atom. The van der Waals surface area contributed by atoms with Crippen LogP contribution in [0.1, 0.15) is 35.6 Å². The van der Waals surface area contributed by atoms with Gasteiger partial charge >= 0.3 is 0 Å². The summed E-state index contributed by atoms with van der Waals surface area (Å²) in [6, 6.07) is 4.35. The van der Waals surface area contributed by atoms with Gasteiger partial charge in [-0.05, 0) is 62.9 Å². The molecule has 2 rings (SSSR count). The molecule has 3 N–H and O–H groups in total. The number of rotatable bonds is 3. The van der Waals surface area contributed by atoms with Gasteiger partial charge < -0.3 is 15.8 Å². The molecule has 1 saturated heterocycles. The lowest BCUT2D eigenvalue weighted by Gasteiger charge is -2.29. The van der Waals surface area contributed by atoms with Crippen molar-refractivity contribution in [2.75, 3.05) is 20.2 Å². The fraction of sp³-hybridized carbons (Fsp3) is 0.600. The zero-order valence-electron chi connectivity index (χ0n) is 11.6. The molecule has 0 radical (unpaired) electrons. The maximum Gasteiger partial charge on any atom is 0.123 e. The van der Waals surface area contributed by atoms with E-state index in [2.05, 4.69) is 31.3 Å². The standard InChI is InChI=1S/C15H24N2O/c1-10-7-13(14(18-3)8-11(10)2)15(16)12-5-4-6-17-9-12/h7-8,12,15,17H,4-6,9,16H2,1-3H3. The topological polar surface area (TPSA) is 47.3 Å². The van der Waals surface area contributed by atoms with Gasteiger partial charge in [-0.15, -0.1) is 0 Å². The van der Waals surface area contributed by atoms with E-state index < -0.39 is 0 Å².